The minimum atomic E-state index is -0.288. The van der Waals surface area contributed by atoms with Gasteiger partial charge in [0.2, 0.25) is 0 Å². The number of rotatable bonds is 2. The molecule has 0 fully saturated rings. The fourth-order valence-corrected chi connectivity index (χ4v) is 1.22. The summed E-state index contributed by atoms with van der Waals surface area (Å²) in [7, 11) is 0. The summed E-state index contributed by atoms with van der Waals surface area (Å²) in [5, 5.41) is 6.84. The Labute approximate surface area is 70.1 Å². The zero-order valence-corrected chi connectivity index (χ0v) is 7.22. The molecule has 1 amide bonds. The molecule has 0 aromatic rings. The second kappa shape index (κ2) is 3.13. The predicted octanol–water partition coefficient (Wildman–Crippen LogP) is 2.27. The van der Waals surface area contributed by atoms with Gasteiger partial charge in [-0.15, -0.1) is 16.7 Å². The lowest BCUT2D eigenvalue weighted by atomic mass is 10.1. The van der Waals surface area contributed by atoms with Gasteiger partial charge in [-0.2, -0.15) is 5.11 Å². The third-order valence-electron chi connectivity index (χ3n) is 1.54. The number of carbonyl (C=O) groups is 1. The molecule has 0 spiro atoms. The van der Waals surface area contributed by atoms with Crippen LogP contribution < -0.4 is 0 Å². The molecule has 0 bridgehead atoms. The largest absolute Gasteiger partial charge is 0.294 e. The summed E-state index contributed by atoms with van der Waals surface area (Å²) in [6.45, 7) is 3.67. The normalized spacial score (nSPS) is 19.7. The highest BCUT2D eigenvalue weighted by atomic mass is 35.5. The molecule has 0 saturated carbocycles. The van der Waals surface area contributed by atoms with Gasteiger partial charge < -0.3 is 0 Å². The van der Waals surface area contributed by atoms with Crippen molar-refractivity contribution < 1.29 is 4.79 Å². The Bertz CT molecular complexity index is 243. The van der Waals surface area contributed by atoms with Crippen molar-refractivity contribution in [2.24, 2.45) is 10.2 Å². The summed E-state index contributed by atoms with van der Waals surface area (Å²) in [5.41, 5.74) is 1.27. The zero-order chi connectivity index (χ0) is 8.43. The van der Waals surface area contributed by atoms with Crippen LogP contribution in [0.4, 0.5) is 0 Å². The lowest BCUT2D eigenvalue weighted by Gasteiger charge is -2.01. The van der Waals surface area contributed by atoms with Crippen molar-refractivity contribution in [2.45, 2.75) is 25.6 Å². The quantitative estimate of drug-likeness (QED) is 0.590. The molecule has 11 heavy (non-hydrogen) atoms. The maximum absolute atomic E-state index is 11.0. The lowest BCUT2D eigenvalue weighted by Crippen LogP contribution is -2.06. The van der Waals surface area contributed by atoms with Gasteiger partial charge in [-0.3, -0.25) is 4.79 Å². The summed E-state index contributed by atoms with van der Waals surface area (Å²) in [6.07, 6.45) is 0.710. The van der Waals surface area contributed by atoms with Gasteiger partial charge in [-0.25, -0.2) is 0 Å². The first-order chi connectivity index (χ1) is 5.16. The monoisotopic (exact) mass is 172 g/mol. The Morgan fingerprint density at radius 2 is 2.18 bits per heavy atom. The molecule has 1 rings (SSSR count). The summed E-state index contributed by atoms with van der Waals surface area (Å²) in [4.78, 5) is 11.0. The number of nitrogens with zero attached hydrogens (tertiary/aromatic N) is 2. The Balaban J connectivity index is 2.97. The Kier molecular flexibility index (Phi) is 2.39. The fourth-order valence-electron chi connectivity index (χ4n) is 0.998. The van der Waals surface area contributed by atoms with E-state index in [4.69, 9.17) is 11.6 Å². The van der Waals surface area contributed by atoms with E-state index in [9.17, 15) is 4.79 Å². The Hall–Kier alpha value is -0.700. The SMILES string of the molecule is CCC1=C(C(C)Cl)C(=O)N=N1. The van der Waals surface area contributed by atoms with E-state index in [1.807, 2.05) is 6.92 Å². The van der Waals surface area contributed by atoms with Crippen molar-refractivity contribution in [3.63, 3.8) is 0 Å². The topological polar surface area (TPSA) is 41.8 Å². The minimum absolute atomic E-state index is 0.285. The standard InChI is InChI=1S/C7H9ClN2O/c1-3-5-6(4(2)8)7(11)10-9-5/h4H,3H2,1-2H3. The van der Waals surface area contributed by atoms with E-state index in [0.29, 0.717) is 12.0 Å². The van der Waals surface area contributed by atoms with Crippen LogP contribution in [-0.4, -0.2) is 11.3 Å². The molecule has 0 aromatic heterocycles. The molecule has 1 heterocycles. The number of hydrogen-bond donors (Lipinski definition) is 0. The highest BCUT2D eigenvalue weighted by Crippen LogP contribution is 2.24. The van der Waals surface area contributed by atoms with Gasteiger partial charge in [-0.1, -0.05) is 6.92 Å². The third-order valence-corrected chi connectivity index (χ3v) is 1.75. The number of carbonyl (C=O) groups excluding carboxylic acids is 1. The number of azo groups is 1. The van der Waals surface area contributed by atoms with Gasteiger partial charge in [-0.05, 0) is 13.3 Å². The summed E-state index contributed by atoms with van der Waals surface area (Å²) in [5.74, 6) is -0.288. The zero-order valence-electron chi connectivity index (χ0n) is 6.47. The molecule has 0 radical (unpaired) electrons. The van der Waals surface area contributed by atoms with E-state index in [2.05, 4.69) is 10.2 Å². The molecule has 3 nitrogen and oxygen atoms in total. The minimum Gasteiger partial charge on any atom is -0.265 e. The van der Waals surface area contributed by atoms with E-state index in [-0.39, 0.29) is 11.3 Å². The maximum Gasteiger partial charge on any atom is 0.294 e. The fraction of sp³-hybridized carbons (Fsp3) is 0.571. The second-order valence-corrected chi connectivity index (χ2v) is 2.99. The van der Waals surface area contributed by atoms with Crippen molar-refractivity contribution >= 4 is 17.5 Å². The molecule has 4 heteroatoms. The summed E-state index contributed by atoms with van der Waals surface area (Å²) >= 11 is 5.75. The average Bonchev–Trinajstić information content (AvgIpc) is 2.30. The van der Waals surface area contributed by atoms with Crippen LogP contribution in [0.1, 0.15) is 20.3 Å². The predicted molar refractivity (Wildman–Crippen MR) is 42.5 cm³/mol. The van der Waals surface area contributed by atoms with Gasteiger partial charge in [0.1, 0.15) is 0 Å². The van der Waals surface area contributed by atoms with Crippen molar-refractivity contribution in [2.75, 3.05) is 0 Å². The van der Waals surface area contributed by atoms with Crippen LogP contribution in [0.3, 0.4) is 0 Å². The Morgan fingerprint density at radius 1 is 1.55 bits per heavy atom. The van der Waals surface area contributed by atoms with Gasteiger partial charge in [0.15, 0.2) is 0 Å². The van der Waals surface area contributed by atoms with Gasteiger partial charge in [0.25, 0.3) is 5.91 Å². The molecular formula is C7H9ClN2O. The lowest BCUT2D eigenvalue weighted by molar-refractivity contribution is -0.114. The van der Waals surface area contributed by atoms with Crippen LogP contribution in [-0.2, 0) is 4.79 Å². The van der Waals surface area contributed by atoms with E-state index in [1.165, 1.54) is 0 Å². The molecule has 1 unspecified atom stereocenters. The first kappa shape index (κ1) is 8.40. The molecule has 60 valence electrons. The number of alkyl halides is 1. The molecule has 0 aromatic carbocycles. The van der Waals surface area contributed by atoms with Crippen molar-refractivity contribution in [1.82, 2.24) is 0 Å². The van der Waals surface area contributed by atoms with Crippen LogP contribution in [0.25, 0.3) is 0 Å². The smallest absolute Gasteiger partial charge is 0.265 e. The molecule has 1 atom stereocenters. The number of hydrogen-bond acceptors (Lipinski definition) is 2. The third kappa shape index (κ3) is 1.48. The highest BCUT2D eigenvalue weighted by Gasteiger charge is 2.23. The maximum atomic E-state index is 11.0. The van der Waals surface area contributed by atoms with E-state index in [1.54, 1.807) is 6.92 Å². The van der Waals surface area contributed by atoms with Crippen molar-refractivity contribution in [1.29, 1.82) is 0 Å². The molecule has 0 N–H and O–H groups in total. The molecular weight excluding hydrogens is 164 g/mol. The van der Waals surface area contributed by atoms with Crippen LogP contribution in [0.15, 0.2) is 21.5 Å². The van der Waals surface area contributed by atoms with Gasteiger partial charge in [0, 0.05) is 0 Å². The van der Waals surface area contributed by atoms with Crippen LogP contribution in [0, 0.1) is 0 Å². The first-order valence-corrected chi connectivity index (χ1v) is 3.93. The van der Waals surface area contributed by atoms with Crippen molar-refractivity contribution in [3.8, 4) is 0 Å². The number of halogens is 1. The Morgan fingerprint density at radius 3 is 2.55 bits per heavy atom. The average molecular weight is 173 g/mol. The van der Waals surface area contributed by atoms with Gasteiger partial charge in [0.05, 0.1) is 16.6 Å². The van der Waals surface area contributed by atoms with Crippen LogP contribution in [0.5, 0.6) is 0 Å². The van der Waals surface area contributed by atoms with Crippen LogP contribution in [0.2, 0.25) is 0 Å². The summed E-state index contributed by atoms with van der Waals surface area (Å²) in [6, 6.07) is 0. The number of allylic oxidation sites excluding steroid dienone is 1. The van der Waals surface area contributed by atoms with Crippen molar-refractivity contribution in [3.05, 3.63) is 11.3 Å². The highest BCUT2D eigenvalue weighted by molar-refractivity contribution is 6.25. The summed E-state index contributed by atoms with van der Waals surface area (Å²) < 4.78 is 0. The molecule has 1 aliphatic rings. The van der Waals surface area contributed by atoms with E-state index >= 15 is 0 Å². The second-order valence-electron chi connectivity index (χ2n) is 2.34. The van der Waals surface area contributed by atoms with E-state index < -0.39 is 0 Å². The number of amides is 1. The van der Waals surface area contributed by atoms with Gasteiger partial charge >= 0.3 is 0 Å². The van der Waals surface area contributed by atoms with E-state index in [0.717, 1.165) is 5.70 Å². The van der Waals surface area contributed by atoms with Crippen LogP contribution >= 0.6 is 11.6 Å². The first-order valence-electron chi connectivity index (χ1n) is 3.50. The molecule has 0 saturated heterocycles. The molecule has 1 aliphatic heterocycles. The molecule has 0 aliphatic carbocycles.